The average Bonchev–Trinajstić information content (AvgIpc) is 2.83. The Morgan fingerprint density at radius 1 is 1.06 bits per heavy atom. The number of para-hydroxylation sites is 1. The van der Waals surface area contributed by atoms with Crippen LogP contribution in [0.25, 0.3) is 0 Å². The monoisotopic (exact) mass is 429 g/mol. The second kappa shape index (κ2) is 12.3. The van der Waals surface area contributed by atoms with Gasteiger partial charge in [-0.05, 0) is 62.0 Å². The van der Waals surface area contributed by atoms with Crippen LogP contribution in [0.2, 0.25) is 0 Å². The number of carboxylic acid groups (broad SMARTS) is 1. The third kappa shape index (κ3) is 6.45. The van der Waals surface area contributed by atoms with E-state index in [1.807, 2.05) is 44.2 Å². The molecule has 1 heterocycles. The maximum absolute atomic E-state index is 10.9. The largest absolute Gasteiger partial charge is 0.493 e. The highest BCUT2D eigenvalue weighted by molar-refractivity contribution is 5.87. The van der Waals surface area contributed by atoms with Crippen LogP contribution in [0, 0.1) is 5.92 Å². The van der Waals surface area contributed by atoms with Gasteiger partial charge in [0.25, 0.3) is 0 Å². The van der Waals surface area contributed by atoms with Crippen molar-refractivity contribution in [3.63, 3.8) is 0 Å². The average molecular weight is 430 g/mol. The standard InChI is InChI=1S/C23H29NO5.C2H6/c1-28-20-5-3-4-19(22(20)29-2)21(25)17-11-14-24(15-12-17)13-10-16-6-8-18(9-7-16)23(26)27;1-2/h3-9,17,21,25H,10-15H2,1-2H3,(H,26,27);1-2H3. The number of benzene rings is 2. The van der Waals surface area contributed by atoms with Crippen LogP contribution in [-0.4, -0.2) is 54.9 Å². The Hall–Kier alpha value is -2.57. The van der Waals surface area contributed by atoms with Crippen molar-refractivity contribution in [3.05, 3.63) is 59.2 Å². The number of carbonyl (C=O) groups is 1. The molecule has 1 atom stereocenters. The number of hydrogen-bond acceptors (Lipinski definition) is 5. The molecule has 0 aliphatic carbocycles. The van der Waals surface area contributed by atoms with Crippen LogP contribution in [-0.2, 0) is 6.42 Å². The first-order valence-electron chi connectivity index (χ1n) is 11.0. The third-order valence-electron chi connectivity index (χ3n) is 5.75. The highest BCUT2D eigenvalue weighted by Crippen LogP contribution is 2.39. The fraction of sp³-hybridized carbons (Fsp3) is 0.480. The Morgan fingerprint density at radius 3 is 2.26 bits per heavy atom. The molecule has 6 nitrogen and oxygen atoms in total. The van der Waals surface area contributed by atoms with Crippen LogP contribution in [0.1, 0.15) is 54.3 Å². The maximum atomic E-state index is 10.9. The van der Waals surface area contributed by atoms with Gasteiger partial charge in [0.15, 0.2) is 11.5 Å². The number of likely N-dealkylation sites (tertiary alicyclic amines) is 1. The molecular weight excluding hydrogens is 394 g/mol. The minimum atomic E-state index is -0.898. The summed E-state index contributed by atoms with van der Waals surface area (Å²) in [6.45, 7) is 6.79. The summed E-state index contributed by atoms with van der Waals surface area (Å²) in [5.74, 6) is 0.525. The Bertz CT molecular complexity index is 813. The Kier molecular flexibility index (Phi) is 9.82. The molecule has 1 aliphatic rings. The number of aliphatic hydroxyl groups is 1. The molecule has 2 aromatic carbocycles. The fourth-order valence-electron chi connectivity index (χ4n) is 3.99. The van der Waals surface area contributed by atoms with E-state index >= 15 is 0 Å². The van der Waals surface area contributed by atoms with Gasteiger partial charge in [0, 0.05) is 12.1 Å². The molecule has 1 saturated heterocycles. The van der Waals surface area contributed by atoms with Crippen LogP contribution in [0.4, 0.5) is 0 Å². The first kappa shape index (κ1) is 24.7. The molecule has 170 valence electrons. The lowest BCUT2D eigenvalue weighted by Gasteiger charge is -2.34. The quantitative estimate of drug-likeness (QED) is 0.647. The van der Waals surface area contributed by atoms with Gasteiger partial charge in [-0.1, -0.05) is 38.1 Å². The van der Waals surface area contributed by atoms with Gasteiger partial charge >= 0.3 is 5.97 Å². The molecule has 1 aliphatic heterocycles. The van der Waals surface area contributed by atoms with Gasteiger partial charge < -0.3 is 24.6 Å². The molecule has 0 amide bonds. The van der Waals surface area contributed by atoms with E-state index in [1.54, 1.807) is 26.4 Å². The molecule has 2 N–H and O–H groups in total. The van der Waals surface area contributed by atoms with Gasteiger partial charge in [-0.25, -0.2) is 4.79 Å². The third-order valence-corrected chi connectivity index (χ3v) is 5.75. The van der Waals surface area contributed by atoms with Crippen molar-refractivity contribution in [2.45, 2.75) is 39.2 Å². The van der Waals surface area contributed by atoms with Crippen molar-refractivity contribution in [1.82, 2.24) is 4.90 Å². The highest BCUT2D eigenvalue weighted by Gasteiger charge is 2.28. The summed E-state index contributed by atoms with van der Waals surface area (Å²) in [5, 5.41) is 19.9. The Labute approximate surface area is 185 Å². The van der Waals surface area contributed by atoms with E-state index in [-0.39, 0.29) is 5.92 Å². The SMILES string of the molecule is CC.COc1cccc(C(O)C2CCN(CCc3ccc(C(=O)O)cc3)CC2)c1OC. The molecule has 0 spiro atoms. The first-order valence-corrected chi connectivity index (χ1v) is 11.0. The molecule has 2 aromatic rings. The zero-order chi connectivity index (χ0) is 22.8. The van der Waals surface area contributed by atoms with Crippen LogP contribution >= 0.6 is 0 Å². The van der Waals surface area contributed by atoms with Crippen molar-refractivity contribution in [2.24, 2.45) is 5.92 Å². The van der Waals surface area contributed by atoms with Crippen LogP contribution < -0.4 is 9.47 Å². The van der Waals surface area contributed by atoms with E-state index < -0.39 is 12.1 Å². The molecule has 0 bridgehead atoms. The summed E-state index contributed by atoms with van der Waals surface area (Å²) in [5.41, 5.74) is 2.23. The number of nitrogens with zero attached hydrogens (tertiary/aromatic N) is 1. The van der Waals surface area contributed by atoms with E-state index in [0.29, 0.717) is 17.1 Å². The van der Waals surface area contributed by atoms with E-state index in [0.717, 1.165) is 50.0 Å². The topological polar surface area (TPSA) is 79.2 Å². The first-order chi connectivity index (χ1) is 15.0. The maximum Gasteiger partial charge on any atom is 0.335 e. The lowest BCUT2D eigenvalue weighted by molar-refractivity contribution is 0.0572. The van der Waals surface area contributed by atoms with Crippen LogP contribution in [0.5, 0.6) is 11.5 Å². The Morgan fingerprint density at radius 2 is 1.71 bits per heavy atom. The Balaban J connectivity index is 0.00000166. The molecule has 1 unspecified atom stereocenters. The molecule has 3 rings (SSSR count). The second-order valence-electron chi connectivity index (χ2n) is 7.46. The van der Waals surface area contributed by atoms with Gasteiger partial charge in [-0.15, -0.1) is 0 Å². The normalized spacial score (nSPS) is 15.5. The smallest absolute Gasteiger partial charge is 0.335 e. The van der Waals surface area contributed by atoms with E-state index in [4.69, 9.17) is 14.6 Å². The molecule has 0 saturated carbocycles. The van der Waals surface area contributed by atoms with E-state index in [9.17, 15) is 9.90 Å². The summed E-state index contributed by atoms with van der Waals surface area (Å²) in [6, 6.07) is 12.7. The molecule has 0 aromatic heterocycles. The second-order valence-corrected chi connectivity index (χ2v) is 7.46. The number of aromatic carboxylic acids is 1. The zero-order valence-electron chi connectivity index (χ0n) is 19.0. The summed E-state index contributed by atoms with van der Waals surface area (Å²) < 4.78 is 10.8. The van der Waals surface area contributed by atoms with Crippen LogP contribution in [0.3, 0.4) is 0 Å². The highest BCUT2D eigenvalue weighted by atomic mass is 16.5. The number of aliphatic hydroxyl groups excluding tert-OH is 1. The van der Waals surface area contributed by atoms with Gasteiger partial charge in [-0.3, -0.25) is 0 Å². The van der Waals surface area contributed by atoms with Crippen LogP contribution in [0.15, 0.2) is 42.5 Å². The van der Waals surface area contributed by atoms with Crippen molar-refractivity contribution >= 4 is 5.97 Å². The van der Waals surface area contributed by atoms with Gasteiger partial charge in [0.1, 0.15) is 0 Å². The molecule has 0 radical (unpaired) electrons. The number of methoxy groups -OCH3 is 2. The number of ether oxygens (including phenoxy) is 2. The summed E-state index contributed by atoms with van der Waals surface area (Å²) in [7, 11) is 3.20. The number of carboxylic acids is 1. The molecular formula is C25H35NO5. The number of piperidine rings is 1. The predicted molar refractivity (Wildman–Crippen MR) is 122 cm³/mol. The summed E-state index contributed by atoms with van der Waals surface area (Å²) in [4.78, 5) is 13.3. The lowest BCUT2D eigenvalue weighted by Crippen LogP contribution is -2.36. The lowest BCUT2D eigenvalue weighted by atomic mass is 9.87. The minimum absolute atomic E-state index is 0.183. The molecule has 1 fully saturated rings. The zero-order valence-corrected chi connectivity index (χ0v) is 19.0. The van der Waals surface area contributed by atoms with Crippen molar-refractivity contribution in [3.8, 4) is 11.5 Å². The fourth-order valence-corrected chi connectivity index (χ4v) is 3.99. The summed E-state index contributed by atoms with van der Waals surface area (Å²) >= 11 is 0. The van der Waals surface area contributed by atoms with Gasteiger partial charge in [0.05, 0.1) is 25.9 Å². The van der Waals surface area contributed by atoms with Crippen molar-refractivity contribution in [1.29, 1.82) is 0 Å². The van der Waals surface area contributed by atoms with Crippen molar-refractivity contribution in [2.75, 3.05) is 33.9 Å². The molecule has 31 heavy (non-hydrogen) atoms. The number of rotatable bonds is 8. The van der Waals surface area contributed by atoms with Crippen molar-refractivity contribution < 1.29 is 24.5 Å². The predicted octanol–water partition coefficient (Wildman–Crippen LogP) is 4.42. The minimum Gasteiger partial charge on any atom is -0.493 e. The van der Waals surface area contributed by atoms with E-state index in [2.05, 4.69) is 4.90 Å². The number of hydrogen-bond donors (Lipinski definition) is 2. The molecule has 6 heteroatoms. The van der Waals surface area contributed by atoms with Gasteiger partial charge in [-0.2, -0.15) is 0 Å². The van der Waals surface area contributed by atoms with Gasteiger partial charge in [0.2, 0.25) is 0 Å². The van der Waals surface area contributed by atoms with E-state index in [1.165, 1.54) is 0 Å². The summed E-state index contributed by atoms with van der Waals surface area (Å²) in [6.07, 6.45) is 2.14.